The van der Waals surface area contributed by atoms with Crippen molar-refractivity contribution in [3.63, 3.8) is 0 Å². The van der Waals surface area contributed by atoms with E-state index in [1.165, 1.54) is 0 Å². The number of aldehydes is 1. The van der Waals surface area contributed by atoms with Crippen molar-refractivity contribution in [1.82, 2.24) is 0 Å². The summed E-state index contributed by atoms with van der Waals surface area (Å²) in [5.41, 5.74) is 1.29. The summed E-state index contributed by atoms with van der Waals surface area (Å²) in [5.74, 6) is -0.540. The standard InChI is InChI=1S/C10H10O4.C2H6/c1-7-4-8(5-11)2-3-9(7)14-6-10(12)13;1-2/h2-5H,6H2,1H3,(H,12,13);1-2H3. The zero-order valence-electron chi connectivity index (χ0n) is 9.69. The van der Waals surface area contributed by atoms with Crippen LogP contribution < -0.4 is 4.74 Å². The minimum absolute atomic E-state index is 0.374. The van der Waals surface area contributed by atoms with Crippen LogP contribution in [0.5, 0.6) is 5.75 Å². The number of carbonyl (C=O) groups is 2. The number of carbonyl (C=O) groups excluding carboxylic acids is 1. The number of ether oxygens (including phenoxy) is 1. The smallest absolute Gasteiger partial charge is 0.341 e. The van der Waals surface area contributed by atoms with Crippen LogP contribution in [0.2, 0.25) is 0 Å². The average Bonchev–Trinajstić information content (AvgIpc) is 2.29. The maximum Gasteiger partial charge on any atom is 0.341 e. The molecular weight excluding hydrogens is 208 g/mol. The Labute approximate surface area is 94.9 Å². The van der Waals surface area contributed by atoms with Crippen LogP contribution in [-0.2, 0) is 4.79 Å². The molecule has 0 aliphatic heterocycles. The topological polar surface area (TPSA) is 63.6 Å². The molecule has 0 aromatic heterocycles. The molecule has 0 heterocycles. The van der Waals surface area contributed by atoms with E-state index >= 15 is 0 Å². The summed E-state index contributed by atoms with van der Waals surface area (Å²) in [4.78, 5) is 20.6. The average molecular weight is 224 g/mol. The molecule has 0 aliphatic rings. The van der Waals surface area contributed by atoms with E-state index in [1.807, 2.05) is 13.8 Å². The molecule has 0 amide bonds. The van der Waals surface area contributed by atoms with Gasteiger partial charge in [0.1, 0.15) is 12.0 Å². The number of hydrogen-bond acceptors (Lipinski definition) is 3. The fraction of sp³-hybridized carbons (Fsp3) is 0.333. The SMILES string of the molecule is CC.Cc1cc(C=O)ccc1OCC(=O)O. The maximum atomic E-state index is 10.4. The second-order valence-electron chi connectivity index (χ2n) is 2.83. The largest absolute Gasteiger partial charge is 0.482 e. The Kier molecular flexibility index (Phi) is 6.59. The van der Waals surface area contributed by atoms with Crippen LogP contribution in [-0.4, -0.2) is 24.0 Å². The molecule has 1 aromatic rings. The lowest BCUT2D eigenvalue weighted by atomic mass is 10.1. The van der Waals surface area contributed by atoms with Crippen LogP contribution >= 0.6 is 0 Å². The van der Waals surface area contributed by atoms with E-state index in [4.69, 9.17) is 9.84 Å². The molecule has 0 spiro atoms. The van der Waals surface area contributed by atoms with Crippen LogP contribution in [0.15, 0.2) is 18.2 Å². The van der Waals surface area contributed by atoms with E-state index in [-0.39, 0.29) is 6.61 Å². The molecule has 0 aliphatic carbocycles. The Morgan fingerprint density at radius 2 is 2.06 bits per heavy atom. The van der Waals surface area contributed by atoms with E-state index in [2.05, 4.69) is 0 Å². The van der Waals surface area contributed by atoms with Crippen molar-refractivity contribution in [2.75, 3.05) is 6.61 Å². The molecule has 4 nitrogen and oxygen atoms in total. The van der Waals surface area contributed by atoms with Crippen molar-refractivity contribution < 1.29 is 19.4 Å². The van der Waals surface area contributed by atoms with Crippen molar-refractivity contribution in [1.29, 1.82) is 0 Å². The first kappa shape index (κ1) is 14.2. The minimum Gasteiger partial charge on any atom is -0.482 e. The van der Waals surface area contributed by atoms with E-state index in [0.717, 1.165) is 11.8 Å². The van der Waals surface area contributed by atoms with Gasteiger partial charge in [0.05, 0.1) is 0 Å². The molecule has 1 rings (SSSR count). The van der Waals surface area contributed by atoms with Gasteiger partial charge in [-0.3, -0.25) is 4.79 Å². The fourth-order valence-corrected chi connectivity index (χ4v) is 1.05. The molecule has 0 unspecified atom stereocenters. The molecule has 4 heteroatoms. The van der Waals surface area contributed by atoms with Gasteiger partial charge in [-0.15, -0.1) is 0 Å². The monoisotopic (exact) mass is 224 g/mol. The Hall–Kier alpha value is -1.84. The lowest BCUT2D eigenvalue weighted by Gasteiger charge is -2.06. The van der Waals surface area contributed by atoms with Crippen LogP contribution in [0.3, 0.4) is 0 Å². The van der Waals surface area contributed by atoms with Gasteiger partial charge in [0, 0.05) is 5.56 Å². The molecule has 88 valence electrons. The lowest BCUT2D eigenvalue weighted by Crippen LogP contribution is -2.10. The Morgan fingerprint density at radius 3 is 2.50 bits per heavy atom. The van der Waals surface area contributed by atoms with Gasteiger partial charge < -0.3 is 9.84 Å². The zero-order chi connectivity index (χ0) is 12.6. The van der Waals surface area contributed by atoms with E-state index < -0.39 is 5.97 Å². The number of carboxylic acid groups (broad SMARTS) is 1. The van der Waals surface area contributed by atoms with Gasteiger partial charge in [-0.25, -0.2) is 4.79 Å². The van der Waals surface area contributed by atoms with Crippen LogP contribution in [0.4, 0.5) is 0 Å². The molecule has 0 radical (unpaired) electrons. The second kappa shape index (κ2) is 7.45. The Bertz CT molecular complexity index is 358. The van der Waals surface area contributed by atoms with Gasteiger partial charge >= 0.3 is 5.97 Å². The molecule has 0 fully saturated rings. The number of aryl methyl sites for hydroxylation is 1. The van der Waals surface area contributed by atoms with Gasteiger partial charge in [-0.2, -0.15) is 0 Å². The van der Waals surface area contributed by atoms with Crippen molar-refractivity contribution >= 4 is 12.3 Å². The third kappa shape index (κ3) is 4.59. The van der Waals surface area contributed by atoms with Gasteiger partial charge in [0.25, 0.3) is 0 Å². The minimum atomic E-state index is -1.02. The van der Waals surface area contributed by atoms with Crippen molar-refractivity contribution in [3.05, 3.63) is 29.3 Å². The molecule has 0 atom stereocenters. The molecule has 0 saturated heterocycles. The van der Waals surface area contributed by atoms with Crippen LogP contribution in [0.1, 0.15) is 29.8 Å². The highest BCUT2D eigenvalue weighted by Crippen LogP contribution is 2.18. The highest BCUT2D eigenvalue weighted by molar-refractivity contribution is 5.75. The number of benzene rings is 1. The van der Waals surface area contributed by atoms with E-state index in [0.29, 0.717) is 11.3 Å². The summed E-state index contributed by atoms with van der Waals surface area (Å²) >= 11 is 0. The first-order valence-corrected chi connectivity index (χ1v) is 5.04. The predicted molar refractivity (Wildman–Crippen MR) is 61.0 cm³/mol. The Balaban J connectivity index is 0.00000106. The van der Waals surface area contributed by atoms with E-state index in [1.54, 1.807) is 25.1 Å². The number of rotatable bonds is 4. The lowest BCUT2D eigenvalue weighted by molar-refractivity contribution is -0.139. The molecule has 0 bridgehead atoms. The quantitative estimate of drug-likeness (QED) is 0.797. The number of carboxylic acids is 1. The van der Waals surface area contributed by atoms with Crippen molar-refractivity contribution in [2.45, 2.75) is 20.8 Å². The van der Waals surface area contributed by atoms with Crippen LogP contribution in [0.25, 0.3) is 0 Å². The van der Waals surface area contributed by atoms with Gasteiger partial charge in [-0.05, 0) is 30.7 Å². The second-order valence-corrected chi connectivity index (χ2v) is 2.83. The van der Waals surface area contributed by atoms with Gasteiger partial charge in [0.15, 0.2) is 6.61 Å². The first-order chi connectivity index (χ1) is 7.63. The summed E-state index contributed by atoms with van der Waals surface area (Å²) in [7, 11) is 0. The molecular formula is C12H16O4. The fourth-order valence-electron chi connectivity index (χ4n) is 1.05. The maximum absolute atomic E-state index is 10.4. The van der Waals surface area contributed by atoms with Gasteiger partial charge in [-0.1, -0.05) is 13.8 Å². The number of aliphatic carboxylic acids is 1. The summed E-state index contributed by atoms with van der Waals surface area (Å²) < 4.78 is 4.98. The highest BCUT2D eigenvalue weighted by atomic mass is 16.5. The predicted octanol–water partition coefficient (Wildman–Crippen LogP) is 2.30. The molecule has 16 heavy (non-hydrogen) atoms. The first-order valence-electron chi connectivity index (χ1n) is 5.04. The van der Waals surface area contributed by atoms with Crippen LogP contribution in [0, 0.1) is 6.92 Å². The van der Waals surface area contributed by atoms with E-state index in [9.17, 15) is 9.59 Å². The Morgan fingerprint density at radius 1 is 1.44 bits per heavy atom. The zero-order valence-corrected chi connectivity index (χ0v) is 9.69. The highest BCUT2D eigenvalue weighted by Gasteiger charge is 2.03. The summed E-state index contributed by atoms with van der Waals surface area (Å²) in [6, 6.07) is 4.81. The number of hydrogen-bond donors (Lipinski definition) is 1. The third-order valence-corrected chi connectivity index (χ3v) is 1.69. The third-order valence-electron chi connectivity index (χ3n) is 1.69. The van der Waals surface area contributed by atoms with Crippen molar-refractivity contribution in [3.8, 4) is 5.75 Å². The molecule has 0 saturated carbocycles. The normalized spacial score (nSPS) is 8.69. The van der Waals surface area contributed by atoms with Gasteiger partial charge in [0.2, 0.25) is 0 Å². The van der Waals surface area contributed by atoms with Crippen molar-refractivity contribution in [2.24, 2.45) is 0 Å². The summed E-state index contributed by atoms with van der Waals surface area (Å²) in [6.45, 7) is 5.38. The summed E-state index contributed by atoms with van der Waals surface area (Å²) in [6.07, 6.45) is 0.730. The summed E-state index contributed by atoms with van der Waals surface area (Å²) in [5, 5.41) is 8.39. The molecule has 1 aromatic carbocycles. The molecule has 1 N–H and O–H groups in total.